The fourth-order valence-corrected chi connectivity index (χ4v) is 3.30. The van der Waals surface area contributed by atoms with Crippen molar-refractivity contribution in [2.75, 3.05) is 27.2 Å². The molecule has 3 rings (SSSR count). The van der Waals surface area contributed by atoms with Crippen molar-refractivity contribution in [2.24, 2.45) is 0 Å². The van der Waals surface area contributed by atoms with Gasteiger partial charge in [-0.2, -0.15) is 0 Å². The zero-order valence-electron chi connectivity index (χ0n) is 18.0. The van der Waals surface area contributed by atoms with E-state index in [1.165, 1.54) is 0 Å². The van der Waals surface area contributed by atoms with E-state index in [1.54, 1.807) is 19.1 Å². The number of rotatable bonds is 11. The first-order valence-corrected chi connectivity index (χ1v) is 10.5. The number of carbonyl (C=O) groups is 1. The Morgan fingerprint density at radius 1 is 0.969 bits per heavy atom. The van der Waals surface area contributed by atoms with Gasteiger partial charge in [-0.1, -0.05) is 29.8 Å². The molecule has 0 radical (unpaired) electrons. The van der Waals surface area contributed by atoms with Crippen molar-refractivity contribution in [1.82, 2.24) is 4.90 Å². The van der Waals surface area contributed by atoms with Gasteiger partial charge in [0.05, 0.1) is 13.7 Å². The van der Waals surface area contributed by atoms with Crippen molar-refractivity contribution in [3.05, 3.63) is 83.4 Å². The molecule has 0 aromatic heterocycles. The Morgan fingerprint density at radius 2 is 1.62 bits per heavy atom. The van der Waals surface area contributed by atoms with Crippen molar-refractivity contribution in [2.45, 2.75) is 12.5 Å². The third-order valence-corrected chi connectivity index (χ3v) is 5.05. The van der Waals surface area contributed by atoms with Gasteiger partial charge in [-0.25, -0.2) is 0 Å². The van der Waals surface area contributed by atoms with E-state index in [0.717, 1.165) is 11.3 Å². The monoisotopic (exact) mass is 455 g/mol. The summed E-state index contributed by atoms with van der Waals surface area (Å²) in [5.41, 5.74) is 0.967. The number of halogens is 1. The van der Waals surface area contributed by atoms with Gasteiger partial charge in [-0.05, 0) is 61.1 Å². The molecule has 1 N–H and O–H groups in total. The van der Waals surface area contributed by atoms with Gasteiger partial charge in [-0.3, -0.25) is 9.69 Å². The number of ether oxygens (including phenoxy) is 3. The number of benzene rings is 3. The molecule has 1 unspecified atom stereocenters. The predicted molar refractivity (Wildman–Crippen MR) is 124 cm³/mol. The lowest BCUT2D eigenvalue weighted by Gasteiger charge is -2.23. The molecule has 0 saturated carbocycles. The summed E-state index contributed by atoms with van der Waals surface area (Å²) in [6.07, 6.45) is 0.363. The number of aliphatic carboxylic acids is 1. The maximum atomic E-state index is 10.9. The minimum absolute atomic E-state index is 0.0242. The largest absolute Gasteiger partial charge is 0.497 e. The number of hydrogen-bond donors (Lipinski definition) is 1. The van der Waals surface area contributed by atoms with Crippen LogP contribution in [0.5, 0.6) is 23.0 Å². The Kier molecular flexibility index (Phi) is 8.36. The SMILES string of the molecule is COc1cccc(Oc2ccc(OC(CCN(C)CC(=O)O)c3ccc(Cl)cc3)cc2)c1. The van der Waals surface area contributed by atoms with Gasteiger partial charge in [-0.15, -0.1) is 0 Å². The van der Waals surface area contributed by atoms with E-state index in [4.69, 9.17) is 30.9 Å². The van der Waals surface area contributed by atoms with E-state index in [-0.39, 0.29) is 12.6 Å². The molecule has 32 heavy (non-hydrogen) atoms. The average Bonchev–Trinajstić information content (AvgIpc) is 2.78. The van der Waals surface area contributed by atoms with Crippen LogP contribution in [0.15, 0.2) is 72.8 Å². The van der Waals surface area contributed by atoms with Gasteiger partial charge in [0, 0.05) is 24.1 Å². The Morgan fingerprint density at radius 3 is 2.28 bits per heavy atom. The van der Waals surface area contributed by atoms with Crippen molar-refractivity contribution in [3.63, 3.8) is 0 Å². The van der Waals surface area contributed by atoms with Crippen molar-refractivity contribution < 1.29 is 24.1 Å². The minimum atomic E-state index is -0.858. The molecule has 3 aromatic rings. The van der Waals surface area contributed by atoms with E-state index in [1.807, 2.05) is 72.8 Å². The van der Waals surface area contributed by atoms with Crippen LogP contribution in [0.4, 0.5) is 0 Å². The molecule has 0 aliphatic rings. The van der Waals surface area contributed by atoms with Gasteiger partial charge in [0.2, 0.25) is 0 Å². The highest BCUT2D eigenvalue weighted by Crippen LogP contribution is 2.30. The summed E-state index contributed by atoms with van der Waals surface area (Å²) in [7, 11) is 3.39. The first kappa shape index (κ1) is 23.4. The van der Waals surface area contributed by atoms with Crippen LogP contribution < -0.4 is 14.2 Å². The number of carboxylic acids is 1. The second-order valence-corrected chi connectivity index (χ2v) is 7.77. The fraction of sp³-hybridized carbons (Fsp3) is 0.240. The molecule has 168 valence electrons. The second kappa shape index (κ2) is 11.4. The molecule has 0 heterocycles. The second-order valence-electron chi connectivity index (χ2n) is 7.33. The summed E-state index contributed by atoms with van der Waals surface area (Å²) < 4.78 is 17.3. The normalized spacial score (nSPS) is 11.8. The summed E-state index contributed by atoms with van der Waals surface area (Å²) in [5, 5.41) is 9.63. The van der Waals surface area contributed by atoms with Crippen molar-refractivity contribution in [1.29, 1.82) is 0 Å². The zero-order chi connectivity index (χ0) is 22.9. The molecular formula is C25H26ClNO5. The highest BCUT2D eigenvalue weighted by atomic mass is 35.5. The number of likely N-dealkylation sites (N-methyl/N-ethyl adjacent to an activating group) is 1. The number of carboxylic acid groups (broad SMARTS) is 1. The van der Waals surface area contributed by atoms with Crippen LogP contribution in [0.25, 0.3) is 0 Å². The third kappa shape index (κ3) is 7.18. The Labute approximate surface area is 192 Å². The van der Waals surface area contributed by atoms with Crippen LogP contribution in [-0.2, 0) is 4.79 Å². The van der Waals surface area contributed by atoms with E-state index in [9.17, 15) is 4.79 Å². The lowest BCUT2D eigenvalue weighted by Crippen LogP contribution is -2.28. The highest BCUT2D eigenvalue weighted by molar-refractivity contribution is 6.30. The maximum absolute atomic E-state index is 10.9. The molecule has 0 aliphatic heterocycles. The molecular weight excluding hydrogens is 430 g/mol. The molecule has 0 aliphatic carbocycles. The van der Waals surface area contributed by atoms with E-state index in [0.29, 0.717) is 35.2 Å². The Hall–Kier alpha value is -3.22. The zero-order valence-corrected chi connectivity index (χ0v) is 18.8. The van der Waals surface area contributed by atoms with Crippen molar-refractivity contribution in [3.8, 4) is 23.0 Å². The molecule has 0 fully saturated rings. The van der Waals surface area contributed by atoms with Gasteiger partial charge in [0.1, 0.15) is 29.1 Å². The standard InChI is InChI=1S/C25H26ClNO5/c1-27(17-25(28)29)15-14-24(18-6-8-19(26)9-7-18)32-21-12-10-20(11-13-21)31-23-5-3-4-22(16-23)30-2/h3-13,16,24H,14-15,17H2,1-2H3,(H,28,29). The predicted octanol–water partition coefficient (Wildman–Crippen LogP) is 5.67. The van der Waals surface area contributed by atoms with Gasteiger partial charge >= 0.3 is 5.97 Å². The molecule has 1 atom stereocenters. The van der Waals surface area contributed by atoms with Crippen LogP contribution in [0.3, 0.4) is 0 Å². The quantitative estimate of drug-likeness (QED) is 0.402. The van der Waals surface area contributed by atoms with Crippen LogP contribution in [-0.4, -0.2) is 43.2 Å². The Balaban J connectivity index is 1.69. The van der Waals surface area contributed by atoms with Crippen LogP contribution in [0, 0.1) is 0 Å². The molecule has 6 nitrogen and oxygen atoms in total. The number of methoxy groups -OCH3 is 1. The van der Waals surface area contributed by atoms with E-state index < -0.39 is 5.97 Å². The summed E-state index contributed by atoms with van der Waals surface area (Å²) in [5.74, 6) is 1.90. The lowest BCUT2D eigenvalue weighted by atomic mass is 10.1. The summed E-state index contributed by atoms with van der Waals surface area (Å²) >= 11 is 6.03. The molecule has 0 saturated heterocycles. The van der Waals surface area contributed by atoms with Gasteiger partial charge in [0.25, 0.3) is 0 Å². The topological polar surface area (TPSA) is 68.2 Å². The molecule has 7 heteroatoms. The summed E-state index contributed by atoms with van der Waals surface area (Å²) in [6.45, 7) is 0.542. The van der Waals surface area contributed by atoms with Crippen molar-refractivity contribution >= 4 is 17.6 Å². The third-order valence-electron chi connectivity index (χ3n) is 4.80. The smallest absolute Gasteiger partial charge is 0.317 e. The molecule has 0 bridgehead atoms. The summed E-state index contributed by atoms with van der Waals surface area (Å²) in [6, 6.07) is 22.2. The average molecular weight is 456 g/mol. The summed E-state index contributed by atoms with van der Waals surface area (Å²) in [4.78, 5) is 12.7. The van der Waals surface area contributed by atoms with Gasteiger partial charge < -0.3 is 19.3 Å². The fourth-order valence-electron chi connectivity index (χ4n) is 3.17. The first-order valence-electron chi connectivity index (χ1n) is 10.2. The van der Waals surface area contributed by atoms with Gasteiger partial charge in [0.15, 0.2) is 0 Å². The van der Waals surface area contributed by atoms with E-state index in [2.05, 4.69) is 0 Å². The van der Waals surface area contributed by atoms with Crippen LogP contribution >= 0.6 is 11.6 Å². The number of nitrogens with zero attached hydrogens (tertiary/aromatic N) is 1. The lowest BCUT2D eigenvalue weighted by molar-refractivity contribution is -0.138. The highest BCUT2D eigenvalue weighted by Gasteiger charge is 2.16. The van der Waals surface area contributed by atoms with Crippen LogP contribution in [0.1, 0.15) is 18.1 Å². The van der Waals surface area contributed by atoms with E-state index >= 15 is 0 Å². The minimum Gasteiger partial charge on any atom is -0.497 e. The maximum Gasteiger partial charge on any atom is 0.317 e. The Bertz CT molecular complexity index is 1010. The number of hydrogen-bond acceptors (Lipinski definition) is 5. The molecule has 0 amide bonds. The van der Waals surface area contributed by atoms with Crippen LogP contribution in [0.2, 0.25) is 5.02 Å². The molecule has 3 aromatic carbocycles. The molecule has 0 spiro atoms. The first-order chi connectivity index (χ1) is 15.4.